The lowest BCUT2D eigenvalue weighted by Gasteiger charge is -2.27. The van der Waals surface area contributed by atoms with E-state index in [2.05, 4.69) is 162 Å². The largest absolute Gasteiger partial charge is 0.456 e. The van der Waals surface area contributed by atoms with Crippen molar-refractivity contribution in [1.29, 1.82) is 0 Å². The van der Waals surface area contributed by atoms with Crippen molar-refractivity contribution in [3.05, 3.63) is 151 Å². The zero-order valence-corrected chi connectivity index (χ0v) is 33.2. The van der Waals surface area contributed by atoms with E-state index >= 15 is 0 Å². The fourth-order valence-corrected chi connectivity index (χ4v) is 6.96. The van der Waals surface area contributed by atoms with Crippen molar-refractivity contribution in [2.75, 3.05) is 0 Å². The predicted molar refractivity (Wildman–Crippen MR) is 222 cm³/mol. The molecule has 0 saturated carbocycles. The molecule has 0 N–H and O–H groups in total. The molecule has 7 heteroatoms. The fourth-order valence-electron chi connectivity index (χ4n) is 6.96. The van der Waals surface area contributed by atoms with Crippen LogP contribution in [-0.2, 0) is 16.2 Å². The van der Waals surface area contributed by atoms with Crippen molar-refractivity contribution in [2.45, 2.75) is 78.6 Å². The van der Waals surface area contributed by atoms with Gasteiger partial charge < -0.3 is 9.30 Å². The SMILES string of the molecule is CC(C)(C)c1cc(-[n+]2[c-]n(-c3cncc(Oc4ccc5c6ccccc6n(-c6cc(C(C)(C)C)ccn6)c5c4)c3)nc2-c2ccccc2)cc(C(C)(C)C)c1. The summed E-state index contributed by atoms with van der Waals surface area (Å²) in [5.74, 6) is 2.94. The molecular formula is C48H48N6O. The first-order valence-electron chi connectivity index (χ1n) is 18.9. The molecule has 0 radical (unpaired) electrons. The summed E-state index contributed by atoms with van der Waals surface area (Å²) in [7, 11) is 0. The Morgan fingerprint density at radius 3 is 1.98 bits per heavy atom. The zero-order valence-electron chi connectivity index (χ0n) is 33.2. The molecule has 8 rings (SSSR count). The van der Waals surface area contributed by atoms with Crippen molar-refractivity contribution in [1.82, 2.24) is 24.3 Å². The lowest BCUT2D eigenvalue weighted by molar-refractivity contribution is -0.589. The van der Waals surface area contributed by atoms with Crippen LogP contribution in [0.5, 0.6) is 11.5 Å². The molecule has 276 valence electrons. The van der Waals surface area contributed by atoms with Gasteiger partial charge >= 0.3 is 0 Å². The molecule has 4 heterocycles. The molecule has 0 saturated heterocycles. The van der Waals surface area contributed by atoms with Crippen molar-refractivity contribution in [3.8, 4) is 40.1 Å². The van der Waals surface area contributed by atoms with Crippen LogP contribution in [0.1, 0.15) is 79.0 Å². The third-order valence-corrected chi connectivity index (χ3v) is 10.2. The third kappa shape index (κ3) is 7.03. The van der Waals surface area contributed by atoms with Crippen molar-refractivity contribution < 1.29 is 9.30 Å². The first-order valence-corrected chi connectivity index (χ1v) is 18.9. The molecule has 0 aliphatic rings. The van der Waals surface area contributed by atoms with E-state index in [0.29, 0.717) is 11.5 Å². The second kappa shape index (κ2) is 13.3. The number of para-hydroxylation sites is 1. The molecule has 8 aromatic rings. The lowest BCUT2D eigenvalue weighted by Crippen LogP contribution is -2.33. The van der Waals surface area contributed by atoms with Crippen LogP contribution >= 0.6 is 0 Å². The van der Waals surface area contributed by atoms with Gasteiger partial charge in [0.15, 0.2) is 0 Å². The van der Waals surface area contributed by atoms with Gasteiger partial charge in [-0.05, 0) is 74.4 Å². The lowest BCUT2D eigenvalue weighted by atomic mass is 9.80. The molecule has 0 unspecified atom stereocenters. The van der Waals surface area contributed by atoms with Gasteiger partial charge in [-0.15, -0.1) is 0 Å². The average Bonchev–Trinajstić information content (AvgIpc) is 3.74. The van der Waals surface area contributed by atoms with Crippen LogP contribution in [0.25, 0.3) is 50.4 Å². The molecule has 0 amide bonds. The molecule has 0 spiro atoms. The third-order valence-electron chi connectivity index (χ3n) is 10.2. The number of fused-ring (bicyclic) bond motifs is 3. The first kappa shape index (κ1) is 35.9. The minimum absolute atomic E-state index is 0.0122. The number of ether oxygens (including phenoxy) is 1. The Bertz CT molecular complexity index is 2650. The first-order chi connectivity index (χ1) is 26.1. The highest BCUT2D eigenvalue weighted by Crippen LogP contribution is 2.36. The summed E-state index contributed by atoms with van der Waals surface area (Å²) in [6.45, 7) is 20.2. The molecule has 0 atom stereocenters. The Morgan fingerprint density at radius 2 is 1.27 bits per heavy atom. The Hall–Kier alpha value is -6.08. The number of aromatic nitrogens is 6. The maximum atomic E-state index is 6.57. The van der Waals surface area contributed by atoms with E-state index in [1.807, 2.05) is 36.5 Å². The highest BCUT2D eigenvalue weighted by molar-refractivity contribution is 6.09. The summed E-state index contributed by atoms with van der Waals surface area (Å²) >= 11 is 0. The molecule has 4 aromatic heterocycles. The van der Waals surface area contributed by atoms with Crippen LogP contribution in [-0.4, -0.2) is 24.3 Å². The monoisotopic (exact) mass is 724 g/mol. The molecule has 7 nitrogen and oxygen atoms in total. The van der Waals surface area contributed by atoms with E-state index in [0.717, 1.165) is 50.4 Å². The van der Waals surface area contributed by atoms with Gasteiger partial charge in [-0.25, -0.2) is 4.98 Å². The van der Waals surface area contributed by atoms with E-state index in [4.69, 9.17) is 14.8 Å². The quantitative estimate of drug-likeness (QED) is 0.127. The Kier molecular flexibility index (Phi) is 8.71. The van der Waals surface area contributed by atoms with Crippen LogP contribution in [0, 0.1) is 6.33 Å². The van der Waals surface area contributed by atoms with E-state index in [1.54, 1.807) is 17.1 Å². The molecule has 0 bridgehead atoms. The Balaban J connectivity index is 1.21. The summed E-state index contributed by atoms with van der Waals surface area (Å²) < 4.78 is 12.6. The Labute approximate surface area is 323 Å². The van der Waals surface area contributed by atoms with Gasteiger partial charge in [0.05, 0.1) is 22.9 Å². The summed E-state index contributed by atoms with van der Waals surface area (Å²) in [5, 5.41) is 7.41. The Morgan fingerprint density at radius 1 is 0.600 bits per heavy atom. The molecule has 0 aliphatic heterocycles. The van der Waals surface area contributed by atoms with Crippen LogP contribution in [0.3, 0.4) is 0 Å². The van der Waals surface area contributed by atoms with Crippen LogP contribution in [0.15, 0.2) is 128 Å². The van der Waals surface area contributed by atoms with Gasteiger partial charge in [-0.3, -0.25) is 9.55 Å². The summed E-state index contributed by atoms with van der Waals surface area (Å²) in [4.78, 5) is 9.44. The van der Waals surface area contributed by atoms with Gasteiger partial charge in [0, 0.05) is 40.5 Å². The van der Waals surface area contributed by atoms with Crippen molar-refractivity contribution in [3.63, 3.8) is 0 Å². The number of benzene rings is 4. The minimum Gasteiger partial charge on any atom is -0.456 e. The normalized spacial score (nSPS) is 12.5. The van der Waals surface area contributed by atoms with Crippen LogP contribution in [0.4, 0.5) is 0 Å². The topological polar surface area (TPSA) is 61.6 Å². The van der Waals surface area contributed by atoms with E-state index < -0.39 is 0 Å². The van der Waals surface area contributed by atoms with E-state index in [1.165, 1.54) is 16.7 Å². The fraction of sp³-hybridized carbons (Fsp3) is 0.250. The minimum atomic E-state index is -0.0422. The smallest absolute Gasteiger partial charge is 0.231 e. The maximum absolute atomic E-state index is 6.57. The zero-order chi connectivity index (χ0) is 38.7. The molecule has 55 heavy (non-hydrogen) atoms. The highest BCUT2D eigenvalue weighted by Gasteiger charge is 2.23. The highest BCUT2D eigenvalue weighted by atomic mass is 16.5. The average molecular weight is 725 g/mol. The standard InChI is InChI=1S/C48H48N6O/c1-46(2,3)33-21-22-50-44(26-33)54-42-18-14-13-17-40(42)41-20-19-38(28-43(41)54)55-39-27-37(29-49-30-39)53-31-52(45(51-53)32-15-11-10-12-16-32)36-24-34(47(4,5)6)23-35(25-36)48(7,8)9/h10-30H,1-9H3. The molecular weight excluding hydrogens is 677 g/mol. The number of hydrogen-bond acceptors (Lipinski definition) is 4. The summed E-state index contributed by atoms with van der Waals surface area (Å²) in [5.41, 5.74) is 8.48. The van der Waals surface area contributed by atoms with Crippen LogP contribution < -0.4 is 9.30 Å². The maximum Gasteiger partial charge on any atom is 0.231 e. The van der Waals surface area contributed by atoms with Gasteiger partial charge in [-0.1, -0.05) is 129 Å². The summed E-state index contributed by atoms with van der Waals surface area (Å²) in [6.07, 6.45) is 8.98. The second-order valence-corrected chi connectivity index (χ2v) is 17.5. The second-order valence-electron chi connectivity index (χ2n) is 17.5. The summed E-state index contributed by atoms with van der Waals surface area (Å²) in [6, 6.07) is 38.0. The number of pyridine rings is 2. The van der Waals surface area contributed by atoms with E-state index in [-0.39, 0.29) is 16.2 Å². The van der Waals surface area contributed by atoms with Crippen molar-refractivity contribution >= 4 is 21.8 Å². The van der Waals surface area contributed by atoms with Gasteiger partial charge in [0.25, 0.3) is 0 Å². The predicted octanol–water partition coefficient (Wildman–Crippen LogP) is 11.2. The number of rotatable bonds is 6. The van der Waals surface area contributed by atoms with Crippen LogP contribution in [0.2, 0.25) is 0 Å². The number of nitrogens with zero attached hydrogens (tertiary/aromatic N) is 6. The molecule has 4 aromatic carbocycles. The van der Waals surface area contributed by atoms with Gasteiger partial charge in [-0.2, -0.15) is 4.68 Å². The van der Waals surface area contributed by atoms with Gasteiger partial charge in [0.2, 0.25) is 12.2 Å². The van der Waals surface area contributed by atoms with Crippen molar-refractivity contribution in [2.24, 2.45) is 0 Å². The van der Waals surface area contributed by atoms with E-state index in [9.17, 15) is 0 Å². The van der Waals surface area contributed by atoms with Gasteiger partial charge in [0.1, 0.15) is 17.3 Å². The molecule has 0 aliphatic carbocycles. The molecule has 0 fully saturated rings. The number of hydrogen-bond donors (Lipinski definition) is 0.